The fourth-order valence-electron chi connectivity index (χ4n) is 2.79. The minimum atomic E-state index is -4.36. The fourth-order valence-corrected chi connectivity index (χ4v) is 2.79. The second-order valence-corrected chi connectivity index (χ2v) is 6.04. The number of halogens is 3. The summed E-state index contributed by atoms with van der Waals surface area (Å²) in [6, 6.07) is 4.89. The molecule has 0 bridgehead atoms. The number of carboxylic acid groups (broad SMARTS) is 1. The molecule has 0 unspecified atom stereocenters. The first-order valence-corrected chi connectivity index (χ1v) is 8.11. The molecule has 1 aliphatic rings. The Morgan fingerprint density at radius 2 is 1.96 bits per heavy atom. The predicted octanol–water partition coefficient (Wildman–Crippen LogP) is 3.66. The van der Waals surface area contributed by atoms with E-state index in [4.69, 9.17) is 9.84 Å². The van der Waals surface area contributed by atoms with E-state index in [1.807, 2.05) is 0 Å². The van der Waals surface area contributed by atoms with Gasteiger partial charge in [0.2, 0.25) is 0 Å². The molecular weight excluding hydrogens is 323 g/mol. The SMILES string of the molecule is O=C(O)C1CCN(CCCCOc2cccc(C(F)(F)F)c2)CC1. The molecule has 1 fully saturated rings. The van der Waals surface area contributed by atoms with Crippen molar-refractivity contribution in [3.8, 4) is 5.75 Å². The van der Waals surface area contributed by atoms with Gasteiger partial charge in [-0.25, -0.2) is 0 Å². The van der Waals surface area contributed by atoms with Gasteiger partial charge in [0.05, 0.1) is 18.1 Å². The van der Waals surface area contributed by atoms with E-state index in [0.717, 1.165) is 44.6 Å². The average molecular weight is 345 g/mol. The Labute approximate surface area is 139 Å². The summed E-state index contributed by atoms with van der Waals surface area (Å²) in [4.78, 5) is 13.1. The first-order valence-electron chi connectivity index (χ1n) is 8.11. The number of likely N-dealkylation sites (tertiary alicyclic amines) is 1. The molecule has 2 rings (SSSR count). The summed E-state index contributed by atoms with van der Waals surface area (Å²) in [5, 5.41) is 8.94. The monoisotopic (exact) mass is 345 g/mol. The number of rotatable bonds is 7. The van der Waals surface area contributed by atoms with Gasteiger partial charge in [0, 0.05) is 0 Å². The van der Waals surface area contributed by atoms with E-state index in [0.29, 0.717) is 19.4 Å². The maximum atomic E-state index is 12.6. The lowest BCUT2D eigenvalue weighted by molar-refractivity contribution is -0.143. The molecule has 1 heterocycles. The van der Waals surface area contributed by atoms with E-state index < -0.39 is 17.7 Å². The second-order valence-electron chi connectivity index (χ2n) is 6.04. The number of aliphatic carboxylic acids is 1. The van der Waals surface area contributed by atoms with Crippen LogP contribution in [-0.2, 0) is 11.0 Å². The van der Waals surface area contributed by atoms with Crippen molar-refractivity contribution in [3.05, 3.63) is 29.8 Å². The van der Waals surface area contributed by atoms with E-state index in [2.05, 4.69) is 4.90 Å². The Morgan fingerprint density at radius 1 is 1.25 bits per heavy atom. The first kappa shape index (κ1) is 18.6. The van der Waals surface area contributed by atoms with Gasteiger partial charge < -0.3 is 14.7 Å². The van der Waals surface area contributed by atoms with E-state index in [9.17, 15) is 18.0 Å². The van der Waals surface area contributed by atoms with Crippen LogP contribution in [0.25, 0.3) is 0 Å². The number of ether oxygens (including phenoxy) is 1. The molecule has 7 heteroatoms. The number of carbonyl (C=O) groups is 1. The lowest BCUT2D eigenvalue weighted by Gasteiger charge is -2.29. The quantitative estimate of drug-likeness (QED) is 0.766. The van der Waals surface area contributed by atoms with Gasteiger partial charge in [-0.05, 0) is 63.5 Å². The van der Waals surface area contributed by atoms with Crippen LogP contribution < -0.4 is 4.74 Å². The van der Waals surface area contributed by atoms with Crippen LogP contribution in [0, 0.1) is 5.92 Å². The molecule has 134 valence electrons. The van der Waals surface area contributed by atoms with Gasteiger partial charge in [-0.1, -0.05) is 6.07 Å². The van der Waals surface area contributed by atoms with Crippen molar-refractivity contribution in [3.63, 3.8) is 0 Å². The van der Waals surface area contributed by atoms with Crippen molar-refractivity contribution in [2.45, 2.75) is 31.9 Å². The van der Waals surface area contributed by atoms with Crippen molar-refractivity contribution in [1.82, 2.24) is 4.90 Å². The summed E-state index contributed by atoms with van der Waals surface area (Å²) in [5.41, 5.74) is -0.707. The lowest BCUT2D eigenvalue weighted by atomic mass is 9.97. The van der Waals surface area contributed by atoms with Crippen molar-refractivity contribution in [1.29, 1.82) is 0 Å². The van der Waals surface area contributed by atoms with Crippen LogP contribution in [0.5, 0.6) is 5.75 Å². The fraction of sp³-hybridized carbons (Fsp3) is 0.588. The van der Waals surface area contributed by atoms with Crippen molar-refractivity contribution in [2.75, 3.05) is 26.2 Å². The highest BCUT2D eigenvalue weighted by atomic mass is 19.4. The van der Waals surface area contributed by atoms with Crippen molar-refractivity contribution < 1.29 is 27.8 Å². The Hall–Kier alpha value is -1.76. The Kier molecular flexibility index (Phi) is 6.48. The molecule has 24 heavy (non-hydrogen) atoms. The predicted molar refractivity (Wildman–Crippen MR) is 83.0 cm³/mol. The lowest BCUT2D eigenvalue weighted by Crippen LogP contribution is -2.36. The zero-order valence-electron chi connectivity index (χ0n) is 13.4. The third-order valence-electron chi connectivity index (χ3n) is 4.24. The maximum absolute atomic E-state index is 12.6. The molecule has 0 aromatic heterocycles. The van der Waals surface area contributed by atoms with Gasteiger partial charge in [0.25, 0.3) is 0 Å². The maximum Gasteiger partial charge on any atom is 0.416 e. The van der Waals surface area contributed by atoms with Crippen LogP contribution in [0.4, 0.5) is 13.2 Å². The molecule has 0 spiro atoms. The zero-order valence-corrected chi connectivity index (χ0v) is 13.4. The van der Waals surface area contributed by atoms with Gasteiger partial charge >= 0.3 is 12.1 Å². The number of benzene rings is 1. The average Bonchev–Trinajstić information content (AvgIpc) is 2.54. The van der Waals surface area contributed by atoms with E-state index in [1.165, 1.54) is 12.1 Å². The molecule has 1 N–H and O–H groups in total. The van der Waals surface area contributed by atoms with Crippen molar-refractivity contribution >= 4 is 5.97 Å². The number of nitrogens with zero attached hydrogens (tertiary/aromatic N) is 1. The van der Waals surface area contributed by atoms with E-state index >= 15 is 0 Å². The first-order chi connectivity index (χ1) is 11.4. The molecule has 0 atom stereocenters. The van der Waals surface area contributed by atoms with Crippen LogP contribution in [0.15, 0.2) is 24.3 Å². The molecule has 0 radical (unpaired) electrons. The van der Waals surface area contributed by atoms with Crippen LogP contribution in [-0.4, -0.2) is 42.2 Å². The number of carboxylic acids is 1. The molecule has 0 saturated carbocycles. The summed E-state index contributed by atoms with van der Waals surface area (Å²) in [7, 11) is 0. The van der Waals surface area contributed by atoms with Crippen LogP contribution >= 0.6 is 0 Å². The molecule has 0 aliphatic carbocycles. The van der Waals surface area contributed by atoms with Crippen molar-refractivity contribution in [2.24, 2.45) is 5.92 Å². The van der Waals surface area contributed by atoms with Crippen LogP contribution in [0.1, 0.15) is 31.2 Å². The Morgan fingerprint density at radius 3 is 2.58 bits per heavy atom. The van der Waals surface area contributed by atoms with Gasteiger partial charge in [-0.15, -0.1) is 0 Å². The largest absolute Gasteiger partial charge is 0.494 e. The molecule has 1 saturated heterocycles. The molecule has 0 amide bonds. The number of hydrogen-bond donors (Lipinski definition) is 1. The molecule has 1 aromatic carbocycles. The van der Waals surface area contributed by atoms with Crippen LogP contribution in [0.2, 0.25) is 0 Å². The highest BCUT2D eigenvalue weighted by Gasteiger charge is 2.30. The van der Waals surface area contributed by atoms with Crippen LogP contribution in [0.3, 0.4) is 0 Å². The summed E-state index contributed by atoms with van der Waals surface area (Å²) >= 11 is 0. The Bertz CT molecular complexity index is 540. The third kappa shape index (κ3) is 5.70. The minimum absolute atomic E-state index is 0.229. The summed E-state index contributed by atoms with van der Waals surface area (Å²) in [6.07, 6.45) is -1.39. The van der Waals surface area contributed by atoms with Gasteiger partial charge in [0.1, 0.15) is 5.75 Å². The summed E-state index contributed by atoms with van der Waals surface area (Å²) in [6.45, 7) is 2.79. The highest BCUT2D eigenvalue weighted by molar-refractivity contribution is 5.70. The highest BCUT2D eigenvalue weighted by Crippen LogP contribution is 2.31. The Balaban J connectivity index is 1.63. The van der Waals surface area contributed by atoms with Gasteiger partial charge in [-0.2, -0.15) is 13.2 Å². The van der Waals surface area contributed by atoms with Gasteiger partial charge in [-0.3, -0.25) is 4.79 Å². The summed E-state index contributed by atoms with van der Waals surface area (Å²) < 4.78 is 43.2. The minimum Gasteiger partial charge on any atom is -0.494 e. The second kappa shape index (κ2) is 8.37. The van der Waals surface area contributed by atoms with E-state index in [-0.39, 0.29) is 11.7 Å². The number of hydrogen-bond acceptors (Lipinski definition) is 3. The zero-order chi connectivity index (χ0) is 17.6. The molecule has 1 aromatic rings. The van der Waals surface area contributed by atoms with Gasteiger partial charge in [0.15, 0.2) is 0 Å². The molecular formula is C17H22F3NO3. The number of alkyl halides is 3. The summed E-state index contributed by atoms with van der Waals surface area (Å²) in [5.74, 6) is -0.721. The normalized spacial score (nSPS) is 17.0. The topological polar surface area (TPSA) is 49.8 Å². The number of piperidine rings is 1. The molecule has 1 aliphatic heterocycles. The van der Waals surface area contributed by atoms with E-state index in [1.54, 1.807) is 0 Å². The third-order valence-corrected chi connectivity index (χ3v) is 4.24. The smallest absolute Gasteiger partial charge is 0.416 e. The molecule has 4 nitrogen and oxygen atoms in total. The number of unbranched alkanes of at least 4 members (excludes halogenated alkanes) is 1. The standard InChI is InChI=1S/C17H22F3NO3/c18-17(19,20)14-4-3-5-15(12-14)24-11-2-1-8-21-9-6-13(7-10-21)16(22)23/h3-5,12-13H,1-2,6-11H2,(H,22,23).